The molecule has 0 bridgehead atoms. The lowest BCUT2D eigenvalue weighted by Gasteiger charge is -2.42. The number of rotatable bonds is 5. The van der Waals surface area contributed by atoms with Crippen molar-refractivity contribution < 1.29 is 28.4 Å². The Labute approximate surface area is 221 Å². The van der Waals surface area contributed by atoms with Gasteiger partial charge in [0.1, 0.15) is 6.10 Å². The van der Waals surface area contributed by atoms with Crippen LogP contribution >= 0.6 is 12.2 Å². The third-order valence-electron chi connectivity index (χ3n) is 7.17. The molecule has 0 unspecified atom stereocenters. The molecular formula is C28H28N2O6S. The van der Waals surface area contributed by atoms with Crippen LogP contribution in [-0.2, 0) is 17.8 Å². The standard InChI is InChI=1S/C28H28N2O6S/c1-31-20-10-9-18-19(24(20)32-2)14-34-25(18)23-22-16(13-21-26(27(22)33-3)36-15-35-21)11-12-30(23)28(37)29-17-7-5-4-6-8-17/h4-10,13,23,25H,11-12,14-15H2,1-3H3,(H,29,37)/t23-,25+/m1/s1. The Balaban J connectivity index is 1.49. The third-order valence-corrected chi connectivity index (χ3v) is 7.51. The van der Waals surface area contributed by atoms with E-state index in [-0.39, 0.29) is 18.9 Å². The molecule has 0 fully saturated rings. The Morgan fingerprint density at radius 2 is 1.81 bits per heavy atom. The van der Waals surface area contributed by atoms with Crippen molar-refractivity contribution in [3.05, 3.63) is 70.8 Å². The summed E-state index contributed by atoms with van der Waals surface area (Å²) in [7, 11) is 4.94. The number of fused-ring (bicyclic) bond motifs is 3. The number of benzene rings is 3. The van der Waals surface area contributed by atoms with E-state index in [0.717, 1.165) is 34.4 Å². The van der Waals surface area contributed by atoms with E-state index in [1.807, 2.05) is 42.5 Å². The number of hydrogen-bond donors (Lipinski definition) is 1. The fourth-order valence-electron chi connectivity index (χ4n) is 5.55. The van der Waals surface area contributed by atoms with Crippen molar-refractivity contribution in [3.63, 3.8) is 0 Å². The lowest BCUT2D eigenvalue weighted by atomic mass is 9.85. The summed E-state index contributed by atoms with van der Waals surface area (Å²) in [5.41, 5.74) is 5.04. The maximum absolute atomic E-state index is 6.52. The van der Waals surface area contributed by atoms with Crippen LogP contribution in [0.15, 0.2) is 48.5 Å². The predicted octanol–water partition coefficient (Wildman–Crippen LogP) is 5.01. The number of ether oxygens (including phenoxy) is 6. The number of hydrogen-bond acceptors (Lipinski definition) is 7. The van der Waals surface area contributed by atoms with Gasteiger partial charge >= 0.3 is 0 Å². The zero-order valence-corrected chi connectivity index (χ0v) is 21.7. The van der Waals surface area contributed by atoms with Crippen LogP contribution in [0.2, 0.25) is 0 Å². The van der Waals surface area contributed by atoms with E-state index < -0.39 is 0 Å². The smallest absolute Gasteiger partial charge is 0.231 e. The number of nitrogens with one attached hydrogen (secondary N) is 1. The van der Waals surface area contributed by atoms with Crippen LogP contribution in [-0.4, -0.2) is 44.7 Å². The molecule has 0 aromatic heterocycles. The van der Waals surface area contributed by atoms with Crippen molar-refractivity contribution in [3.8, 4) is 28.7 Å². The summed E-state index contributed by atoms with van der Waals surface area (Å²) in [6.45, 7) is 1.25. The first-order chi connectivity index (χ1) is 18.1. The van der Waals surface area contributed by atoms with Gasteiger partial charge in [-0.15, -0.1) is 0 Å². The fourth-order valence-corrected chi connectivity index (χ4v) is 5.87. The van der Waals surface area contributed by atoms with E-state index in [9.17, 15) is 0 Å². The van der Waals surface area contributed by atoms with Gasteiger partial charge in [0, 0.05) is 23.4 Å². The molecule has 0 aliphatic carbocycles. The quantitative estimate of drug-likeness (QED) is 0.468. The minimum absolute atomic E-state index is 0.163. The minimum Gasteiger partial charge on any atom is -0.493 e. The average Bonchev–Trinajstić information content (AvgIpc) is 3.58. The molecule has 8 nitrogen and oxygen atoms in total. The summed E-state index contributed by atoms with van der Waals surface area (Å²) in [6, 6.07) is 15.7. The van der Waals surface area contributed by atoms with Crippen molar-refractivity contribution in [1.82, 2.24) is 4.90 Å². The number of para-hydroxylation sites is 1. The van der Waals surface area contributed by atoms with Crippen molar-refractivity contribution in [2.24, 2.45) is 0 Å². The fraction of sp³-hybridized carbons (Fsp3) is 0.321. The van der Waals surface area contributed by atoms with E-state index in [1.165, 1.54) is 0 Å². The van der Waals surface area contributed by atoms with Gasteiger partial charge in [-0.05, 0) is 54.0 Å². The molecule has 3 aromatic carbocycles. The van der Waals surface area contributed by atoms with Gasteiger partial charge in [0.05, 0.1) is 34.0 Å². The van der Waals surface area contributed by atoms with Gasteiger partial charge in [-0.2, -0.15) is 0 Å². The second kappa shape index (κ2) is 9.64. The summed E-state index contributed by atoms with van der Waals surface area (Å²) in [6.07, 6.45) is 0.430. The first-order valence-corrected chi connectivity index (χ1v) is 12.5. The van der Waals surface area contributed by atoms with Crippen molar-refractivity contribution in [2.75, 3.05) is 40.0 Å². The Morgan fingerprint density at radius 3 is 2.57 bits per heavy atom. The second-order valence-electron chi connectivity index (χ2n) is 9.00. The van der Waals surface area contributed by atoms with Crippen LogP contribution in [0.25, 0.3) is 0 Å². The number of nitrogens with zero attached hydrogens (tertiary/aromatic N) is 1. The molecule has 0 spiro atoms. The van der Waals surface area contributed by atoms with Crippen LogP contribution < -0.4 is 29.0 Å². The maximum atomic E-state index is 6.52. The molecule has 1 N–H and O–H groups in total. The van der Waals surface area contributed by atoms with Crippen LogP contribution in [0.4, 0.5) is 5.69 Å². The largest absolute Gasteiger partial charge is 0.493 e. The monoisotopic (exact) mass is 520 g/mol. The Morgan fingerprint density at radius 1 is 1.00 bits per heavy atom. The molecular weight excluding hydrogens is 492 g/mol. The van der Waals surface area contributed by atoms with Gasteiger partial charge in [-0.1, -0.05) is 24.3 Å². The molecule has 192 valence electrons. The van der Waals surface area contributed by atoms with E-state index in [1.54, 1.807) is 21.3 Å². The molecule has 2 atom stereocenters. The highest BCUT2D eigenvalue weighted by Gasteiger charge is 2.44. The van der Waals surface area contributed by atoms with E-state index >= 15 is 0 Å². The molecule has 6 rings (SSSR count). The van der Waals surface area contributed by atoms with Gasteiger partial charge in [-0.25, -0.2) is 0 Å². The highest BCUT2D eigenvalue weighted by molar-refractivity contribution is 7.80. The maximum Gasteiger partial charge on any atom is 0.231 e. The highest BCUT2D eigenvalue weighted by Crippen LogP contribution is 2.55. The summed E-state index contributed by atoms with van der Waals surface area (Å²) in [5, 5.41) is 4.02. The summed E-state index contributed by atoms with van der Waals surface area (Å²) >= 11 is 5.98. The summed E-state index contributed by atoms with van der Waals surface area (Å²) < 4.78 is 35.3. The van der Waals surface area contributed by atoms with E-state index in [4.69, 9.17) is 40.6 Å². The summed E-state index contributed by atoms with van der Waals surface area (Å²) in [4.78, 5) is 2.19. The summed E-state index contributed by atoms with van der Waals surface area (Å²) in [5.74, 6) is 3.33. The minimum atomic E-state index is -0.335. The van der Waals surface area contributed by atoms with Gasteiger partial charge in [0.25, 0.3) is 0 Å². The van der Waals surface area contributed by atoms with Crippen molar-refractivity contribution >= 4 is 23.0 Å². The first-order valence-electron chi connectivity index (χ1n) is 12.1. The van der Waals surface area contributed by atoms with Crippen LogP contribution in [0.3, 0.4) is 0 Å². The normalized spacial score (nSPS) is 19.2. The van der Waals surface area contributed by atoms with Crippen molar-refractivity contribution in [2.45, 2.75) is 25.2 Å². The van der Waals surface area contributed by atoms with E-state index in [0.29, 0.717) is 47.0 Å². The van der Waals surface area contributed by atoms with Gasteiger partial charge in [-0.3, -0.25) is 0 Å². The molecule has 0 saturated carbocycles. The Hall–Kier alpha value is -3.69. The molecule has 3 aliphatic heterocycles. The van der Waals surface area contributed by atoms with Crippen molar-refractivity contribution in [1.29, 1.82) is 0 Å². The SMILES string of the molecule is COc1ccc2c(c1OC)CO[C@@H]2[C@H]1c2c(cc3c(c2OC)OCO3)CCN1C(=S)Nc1ccccc1. The number of anilines is 1. The molecule has 0 saturated heterocycles. The molecule has 3 aromatic rings. The average molecular weight is 521 g/mol. The topological polar surface area (TPSA) is 70.7 Å². The Bertz CT molecular complexity index is 1350. The van der Waals surface area contributed by atoms with Crippen LogP contribution in [0.1, 0.15) is 34.4 Å². The number of thiocarbonyl (C=S) groups is 1. The molecule has 3 aliphatic rings. The van der Waals surface area contributed by atoms with Gasteiger partial charge in [0.15, 0.2) is 28.1 Å². The first kappa shape index (κ1) is 23.7. The molecule has 3 heterocycles. The highest BCUT2D eigenvalue weighted by atomic mass is 32.1. The van der Waals surface area contributed by atoms with Crippen LogP contribution in [0.5, 0.6) is 28.7 Å². The second-order valence-corrected chi connectivity index (χ2v) is 9.39. The predicted molar refractivity (Wildman–Crippen MR) is 142 cm³/mol. The molecule has 9 heteroatoms. The zero-order chi connectivity index (χ0) is 25.5. The molecule has 0 amide bonds. The van der Waals surface area contributed by atoms with Crippen LogP contribution in [0, 0.1) is 0 Å². The third kappa shape index (κ3) is 3.89. The number of methoxy groups -OCH3 is 3. The lowest BCUT2D eigenvalue weighted by Crippen LogP contribution is -2.44. The lowest BCUT2D eigenvalue weighted by molar-refractivity contribution is 0.00837. The molecule has 37 heavy (non-hydrogen) atoms. The molecule has 0 radical (unpaired) electrons. The zero-order valence-electron chi connectivity index (χ0n) is 20.9. The van der Waals surface area contributed by atoms with Gasteiger partial charge in [0.2, 0.25) is 12.5 Å². The van der Waals surface area contributed by atoms with E-state index in [2.05, 4.69) is 16.3 Å². The Kier molecular flexibility index (Phi) is 6.18. The van der Waals surface area contributed by atoms with Gasteiger partial charge < -0.3 is 38.6 Å².